The van der Waals surface area contributed by atoms with Gasteiger partial charge in [-0.1, -0.05) is 43.3 Å². The van der Waals surface area contributed by atoms with Crippen LogP contribution in [-0.2, 0) is 13.0 Å². The molecule has 0 unspecified atom stereocenters. The van der Waals surface area contributed by atoms with Crippen molar-refractivity contribution >= 4 is 18.2 Å². The van der Waals surface area contributed by atoms with Crippen molar-refractivity contribution in [3.05, 3.63) is 65.2 Å². The van der Waals surface area contributed by atoms with Gasteiger partial charge in [-0.3, -0.25) is 9.69 Å². The molecule has 2 aromatic rings. The summed E-state index contributed by atoms with van der Waals surface area (Å²) in [7, 11) is 0. The van der Waals surface area contributed by atoms with E-state index in [-0.39, 0.29) is 18.2 Å². The second-order valence-corrected chi connectivity index (χ2v) is 5.92. The number of carbonyl (C=O) groups is 1. The van der Waals surface area contributed by atoms with Gasteiger partial charge in [0.1, 0.15) is 12.4 Å². The third-order valence-corrected chi connectivity index (χ3v) is 4.38. The molecule has 1 heterocycles. The van der Waals surface area contributed by atoms with Gasteiger partial charge in [-0.25, -0.2) is 0 Å². The van der Waals surface area contributed by atoms with Crippen LogP contribution in [0.2, 0.25) is 0 Å². The number of Topliss-reactive ketones (excluding diaryl/α,β-unsaturated/α-hetero) is 1. The number of nitrogens with zero attached hydrogens (tertiary/aromatic N) is 1. The number of carbonyl (C=O) groups excluding carboxylic acids is 1. The van der Waals surface area contributed by atoms with Crippen molar-refractivity contribution in [2.45, 2.75) is 26.3 Å². The van der Waals surface area contributed by atoms with Crippen molar-refractivity contribution in [1.29, 1.82) is 0 Å². The van der Waals surface area contributed by atoms with E-state index < -0.39 is 0 Å². The molecule has 0 radical (unpaired) electrons. The Morgan fingerprint density at radius 1 is 1.08 bits per heavy atom. The molecule has 0 atom stereocenters. The number of halogens is 1. The fourth-order valence-electron chi connectivity index (χ4n) is 3.04. The van der Waals surface area contributed by atoms with Gasteiger partial charge in [-0.2, -0.15) is 0 Å². The second kappa shape index (κ2) is 8.86. The molecular weight excluding hydrogens is 322 g/mol. The average Bonchev–Trinajstić information content (AvgIpc) is 2.61. The summed E-state index contributed by atoms with van der Waals surface area (Å²) in [4.78, 5) is 14.4. The van der Waals surface area contributed by atoms with E-state index in [9.17, 15) is 4.79 Å². The van der Waals surface area contributed by atoms with E-state index >= 15 is 0 Å². The van der Waals surface area contributed by atoms with Gasteiger partial charge >= 0.3 is 0 Å². The minimum absolute atomic E-state index is 0. The molecule has 3 nitrogen and oxygen atoms in total. The van der Waals surface area contributed by atoms with Crippen molar-refractivity contribution in [2.24, 2.45) is 0 Å². The Bertz CT molecular complexity index is 687. The lowest BCUT2D eigenvalue weighted by molar-refractivity contribution is 0.0983. The molecule has 0 saturated heterocycles. The van der Waals surface area contributed by atoms with Gasteiger partial charge in [0.2, 0.25) is 0 Å². The average molecular weight is 346 g/mol. The van der Waals surface area contributed by atoms with Gasteiger partial charge in [0.05, 0.1) is 5.56 Å². The molecule has 0 fully saturated rings. The molecular formula is C20H24ClNO2. The summed E-state index contributed by atoms with van der Waals surface area (Å²) in [6, 6.07) is 16.2. The van der Waals surface area contributed by atoms with Gasteiger partial charge < -0.3 is 4.74 Å². The molecule has 1 aliphatic rings. The number of benzene rings is 2. The first kappa shape index (κ1) is 18.5. The summed E-state index contributed by atoms with van der Waals surface area (Å²) in [5.41, 5.74) is 3.57. The Morgan fingerprint density at radius 3 is 2.58 bits per heavy atom. The highest BCUT2D eigenvalue weighted by Crippen LogP contribution is 2.21. The van der Waals surface area contributed by atoms with Crippen LogP contribution in [0.4, 0.5) is 0 Å². The molecule has 0 aliphatic carbocycles. The van der Waals surface area contributed by atoms with Crippen LogP contribution >= 0.6 is 12.4 Å². The molecule has 4 heteroatoms. The quantitative estimate of drug-likeness (QED) is 0.737. The summed E-state index contributed by atoms with van der Waals surface area (Å²) >= 11 is 0. The number of hydrogen-bond donors (Lipinski definition) is 0. The van der Waals surface area contributed by atoms with Crippen molar-refractivity contribution in [2.75, 3.05) is 19.7 Å². The summed E-state index contributed by atoms with van der Waals surface area (Å²) in [6.45, 7) is 5.41. The van der Waals surface area contributed by atoms with Crippen LogP contribution in [-0.4, -0.2) is 30.4 Å². The van der Waals surface area contributed by atoms with Crippen LogP contribution in [0.3, 0.4) is 0 Å². The first-order chi connectivity index (χ1) is 11.3. The second-order valence-electron chi connectivity index (χ2n) is 5.92. The van der Waals surface area contributed by atoms with Gasteiger partial charge in [0.15, 0.2) is 5.78 Å². The number of rotatable bonds is 6. The molecule has 0 spiro atoms. The van der Waals surface area contributed by atoms with Crippen molar-refractivity contribution in [3.63, 3.8) is 0 Å². The van der Waals surface area contributed by atoms with Crippen LogP contribution < -0.4 is 4.74 Å². The van der Waals surface area contributed by atoms with E-state index in [1.54, 1.807) is 0 Å². The van der Waals surface area contributed by atoms with Gasteiger partial charge in [0.25, 0.3) is 0 Å². The van der Waals surface area contributed by atoms with Crippen LogP contribution in [0.25, 0.3) is 0 Å². The van der Waals surface area contributed by atoms with Crippen LogP contribution in [0.1, 0.15) is 34.8 Å². The molecule has 128 valence electrons. The third kappa shape index (κ3) is 4.37. The Kier molecular flexibility index (Phi) is 6.83. The lowest BCUT2D eigenvalue weighted by Gasteiger charge is -2.28. The molecule has 3 rings (SSSR count). The molecule has 0 N–H and O–H groups in total. The summed E-state index contributed by atoms with van der Waals surface area (Å²) in [5, 5.41) is 0. The lowest BCUT2D eigenvalue weighted by atomic mass is 10.0. The molecule has 24 heavy (non-hydrogen) atoms. The monoisotopic (exact) mass is 345 g/mol. The topological polar surface area (TPSA) is 29.5 Å². The van der Waals surface area contributed by atoms with E-state index in [1.165, 1.54) is 11.1 Å². The van der Waals surface area contributed by atoms with Gasteiger partial charge in [0, 0.05) is 26.1 Å². The zero-order valence-corrected chi connectivity index (χ0v) is 14.8. The minimum atomic E-state index is 0. The molecule has 2 aromatic carbocycles. The number of ketones is 1. The van der Waals surface area contributed by atoms with E-state index in [2.05, 4.69) is 29.2 Å². The molecule has 0 saturated carbocycles. The van der Waals surface area contributed by atoms with E-state index in [0.29, 0.717) is 24.3 Å². The fourth-order valence-corrected chi connectivity index (χ4v) is 3.04. The molecule has 0 aromatic heterocycles. The maximum Gasteiger partial charge on any atom is 0.166 e. The zero-order chi connectivity index (χ0) is 16.1. The highest BCUT2D eigenvalue weighted by Gasteiger charge is 2.16. The maximum absolute atomic E-state index is 11.9. The van der Waals surface area contributed by atoms with Crippen molar-refractivity contribution in [3.8, 4) is 5.75 Å². The van der Waals surface area contributed by atoms with Crippen LogP contribution in [0, 0.1) is 0 Å². The van der Waals surface area contributed by atoms with E-state index in [1.807, 2.05) is 31.2 Å². The highest BCUT2D eigenvalue weighted by atomic mass is 35.5. The lowest BCUT2D eigenvalue weighted by Crippen LogP contribution is -2.33. The predicted octanol–water partition coefficient (Wildman–Crippen LogP) is 4.14. The largest absolute Gasteiger partial charge is 0.491 e. The summed E-state index contributed by atoms with van der Waals surface area (Å²) < 4.78 is 5.89. The minimum Gasteiger partial charge on any atom is -0.491 e. The Morgan fingerprint density at radius 2 is 1.79 bits per heavy atom. The predicted molar refractivity (Wildman–Crippen MR) is 99.2 cm³/mol. The first-order valence-electron chi connectivity index (χ1n) is 8.32. The van der Waals surface area contributed by atoms with Crippen LogP contribution in [0.15, 0.2) is 48.5 Å². The van der Waals surface area contributed by atoms with Gasteiger partial charge in [-0.15, -0.1) is 12.4 Å². The van der Waals surface area contributed by atoms with Crippen LogP contribution in [0.5, 0.6) is 5.75 Å². The molecule has 1 aliphatic heterocycles. The normalized spacial score (nSPS) is 13.7. The van der Waals surface area contributed by atoms with Crippen molar-refractivity contribution < 1.29 is 9.53 Å². The first-order valence-corrected chi connectivity index (χ1v) is 8.32. The summed E-state index contributed by atoms with van der Waals surface area (Å²) in [6.07, 6.45) is 1.60. The zero-order valence-electron chi connectivity index (χ0n) is 14.0. The van der Waals surface area contributed by atoms with E-state index in [4.69, 9.17) is 4.74 Å². The Labute approximate surface area is 150 Å². The number of para-hydroxylation sites is 1. The summed E-state index contributed by atoms with van der Waals surface area (Å²) in [5.74, 6) is 0.837. The van der Waals surface area contributed by atoms with Gasteiger partial charge in [-0.05, 0) is 29.7 Å². The van der Waals surface area contributed by atoms with E-state index in [0.717, 1.165) is 26.1 Å². The van der Waals surface area contributed by atoms with Crippen molar-refractivity contribution in [1.82, 2.24) is 4.90 Å². The molecule has 0 amide bonds. The Hall–Kier alpha value is -1.84. The Balaban J connectivity index is 0.00000208. The molecule has 0 bridgehead atoms. The number of ether oxygens (including phenoxy) is 1. The number of hydrogen-bond acceptors (Lipinski definition) is 3. The highest BCUT2D eigenvalue weighted by molar-refractivity contribution is 5.98. The fraction of sp³-hybridized carbons (Fsp3) is 0.350. The third-order valence-electron chi connectivity index (χ3n) is 4.38. The SMILES string of the molecule is CCC(=O)c1ccccc1OCCN1CCc2ccccc2C1.Cl. The maximum atomic E-state index is 11.9. The number of fused-ring (bicyclic) bond motifs is 1. The standard InChI is InChI=1S/C20H23NO2.ClH/c1-2-19(22)18-9-5-6-10-20(18)23-14-13-21-12-11-16-7-3-4-8-17(16)15-21;/h3-10H,2,11-15H2,1H3;1H. The smallest absolute Gasteiger partial charge is 0.166 e.